The minimum absolute atomic E-state index is 0.572. The topological polar surface area (TPSA) is 17.8 Å². The first-order chi connectivity index (χ1) is 13.3. The van der Waals surface area contributed by atoms with Gasteiger partial charge in [-0.05, 0) is 30.7 Å². The zero-order chi connectivity index (χ0) is 19.2. The van der Waals surface area contributed by atoms with Crippen molar-refractivity contribution in [2.75, 3.05) is 0 Å². The lowest BCUT2D eigenvalue weighted by Crippen LogP contribution is -2.21. The van der Waals surface area contributed by atoms with Gasteiger partial charge in [-0.2, -0.15) is 0 Å². The van der Waals surface area contributed by atoms with Gasteiger partial charge in [0, 0.05) is 18.4 Å². The van der Waals surface area contributed by atoms with Crippen molar-refractivity contribution in [1.29, 1.82) is 0 Å². The molecule has 1 aromatic carbocycles. The van der Waals surface area contributed by atoms with Crippen molar-refractivity contribution in [3.63, 3.8) is 0 Å². The molecule has 1 heterocycles. The molecule has 0 saturated carbocycles. The van der Waals surface area contributed by atoms with Crippen molar-refractivity contribution in [2.24, 2.45) is 5.92 Å². The predicted octanol–water partition coefficient (Wildman–Crippen LogP) is 7.61. The van der Waals surface area contributed by atoms with Gasteiger partial charge in [-0.15, -0.1) is 0 Å². The molecule has 2 atom stereocenters. The summed E-state index contributed by atoms with van der Waals surface area (Å²) in [6.07, 6.45) is 22.3. The highest BCUT2D eigenvalue weighted by Gasteiger charge is 2.22. The first-order valence-electron chi connectivity index (χ1n) is 11.4. The Bertz CT molecular complexity index is 561. The lowest BCUT2D eigenvalue weighted by atomic mass is 9.85. The smallest absolute Gasteiger partial charge is 0.0948 e. The molecule has 2 aromatic rings. The van der Waals surface area contributed by atoms with Crippen LogP contribution < -0.4 is 0 Å². The summed E-state index contributed by atoms with van der Waals surface area (Å²) in [7, 11) is 0. The summed E-state index contributed by atoms with van der Waals surface area (Å²) in [5.74, 6) is 0.696. The van der Waals surface area contributed by atoms with Crippen LogP contribution in [-0.4, -0.2) is 9.55 Å². The first kappa shape index (κ1) is 21.7. The van der Waals surface area contributed by atoms with Gasteiger partial charge >= 0.3 is 0 Å². The standard InChI is InChI=1S/C25H40N2/c1-3-5-6-7-8-9-10-14-18-24(21-23-16-12-11-13-17-23)25(15-4-2)27-20-19-26-22-27/h11-13,16-17,19-20,22,24-25H,3-10,14-15,18,21H2,1-2H3. The van der Waals surface area contributed by atoms with Gasteiger partial charge in [0.15, 0.2) is 0 Å². The Hall–Kier alpha value is -1.57. The fourth-order valence-electron chi connectivity index (χ4n) is 4.28. The van der Waals surface area contributed by atoms with E-state index in [-0.39, 0.29) is 0 Å². The second-order valence-electron chi connectivity index (χ2n) is 8.08. The number of benzene rings is 1. The van der Waals surface area contributed by atoms with Crippen LogP contribution in [0.25, 0.3) is 0 Å². The molecule has 150 valence electrons. The van der Waals surface area contributed by atoms with Gasteiger partial charge in [0.25, 0.3) is 0 Å². The Balaban J connectivity index is 1.89. The van der Waals surface area contributed by atoms with Gasteiger partial charge in [-0.3, -0.25) is 0 Å². The molecule has 0 fully saturated rings. The molecular formula is C25H40N2. The Morgan fingerprint density at radius 1 is 0.815 bits per heavy atom. The van der Waals surface area contributed by atoms with Gasteiger partial charge < -0.3 is 4.57 Å². The van der Waals surface area contributed by atoms with Crippen LogP contribution in [0.2, 0.25) is 0 Å². The van der Waals surface area contributed by atoms with Crippen LogP contribution in [0.3, 0.4) is 0 Å². The summed E-state index contributed by atoms with van der Waals surface area (Å²) < 4.78 is 2.36. The van der Waals surface area contributed by atoms with Gasteiger partial charge in [0.2, 0.25) is 0 Å². The van der Waals surface area contributed by atoms with E-state index in [1.807, 2.05) is 12.5 Å². The van der Waals surface area contributed by atoms with Crippen LogP contribution in [0, 0.1) is 5.92 Å². The summed E-state index contributed by atoms with van der Waals surface area (Å²) in [6, 6.07) is 11.6. The van der Waals surface area contributed by atoms with E-state index in [0.717, 1.165) is 0 Å². The van der Waals surface area contributed by atoms with Crippen LogP contribution in [-0.2, 0) is 6.42 Å². The first-order valence-corrected chi connectivity index (χ1v) is 11.4. The zero-order valence-electron chi connectivity index (χ0n) is 17.7. The molecule has 0 radical (unpaired) electrons. The number of unbranched alkanes of at least 4 members (excludes halogenated alkanes) is 7. The zero-order valence-corrected chi connectivity index (χ0v) is 17.7. The Morgan fingerprint density at radius 2 is 1.52 bits per heavy atom. The maximum Gasteiger partial charge on any atom is 0.0948 e. The Kier molecular flexibility index (Phi) is 10.9. The third kappa shape index (κ3) is 8.32. The molecule has 2 unspecified atom stereocenters. The number of rotatable bonds is 15. The predicted molar refractivity (Wildman–Crippen MR) is 117 cm³/mol. The van der Waals surface area contributed by atoms with Crippen LogP contribution in [0.1, 0.15) is 96.1 Å². The second-order valence-corrected chi connectivity index (χ2v) is 8.08. The highest BCUT2D eigenvalue weighted by atomic mass is 15.1. The Morgan fingerprint density at radius 3 is 2.15 bits per heavy atom. The molecule has 0 aliphatic rings. The monoisotopic (exact) mass is 368 g/mol. The third-order valence-electron chi connectivity index (χ3n) is 5.81. The maximum atomic E-state index is 4.32. The van der Waals surface area contributed by atoms with Crippen molar-refractivity contribution in [1.82, 2.24) is 9.55 Å². The number of imidazole rings is 1. The van der Waals surface area contributed by atoms with Crippen molar-refractivity contribution >= 4 is 0 Å². The number of hydrogen-bond acceptors (Lipinski definition) is 1. The lowest BCUT2D eigenvalue weighted by molar-refractivity contribution is 0.280. The maximum absolute atomic E-state index is 4.32. The average Bonchev–Trinajstić information content (AvgIpc) is 3.22. The van der Waals surface area contributed by atoms with E-state index in [0.29, 0.717) is 12.0 Å². The lowest BCUT2D eigenvalue weighted by Gasteiger charge is -2.28. The second kappa shape index (κ2) is 13.6. The minimum Gasteiger partial charge on any atom is -0.334 e. The molecular weight excluding hydrogens is 328 g/mol. The molecule has 0 aliphatic carbocycles. The van der Waals surface area contributed by atoms with Crippen LogP contribution in [0.5, 0.6) is 0 Å². The summed E-state index contributed by atoms with van der Waals surface area (Å²) in [6.45, 7) is 4.60. The van der Waals surface area contributed by atoms with Crippen LogP contribution in [0.15, 0.2) is 49.1 Å². The molecule has 2 heteroatoms. The average molecular weight is 369 g/mol. The number of aromatic nitrogens is 2. The van der Waals surface area contributed by atoms with Gasteiger partial charge in [0.05, 0.1) is 6.33 Å². The number of nitrogens with zero attached hydrogens (tertiary/aromatic N) is 2. The van der Waals surface area contributed by atoms with Gasteiger partial charge in [-0.1, -0.05) is 102 Å². The molecule has 2 nitrogen and oxygen atoms in total. The molecule has 0 N–H and O–H groups in total. The molecule has 0 spiro atoms. The van der Waals surface area contributed by atoms with Crippen molar-refractivity contribution in [3.05, 3.63) is 54.6 Å². The normalized spacial score (nSPS) is 13.6. The van der Waals surface area contributed by atoms with E-state index in [1.165, 1.54) is 82.6 Å². The quantitative estimate of drug-likeness (QED) is 0.296. The van der Waals surface area contributed by atoms with Gasteiger partial charge in [-0.25, -0.2) is 4.98 Å². The van der Waals surface area contributed by atoms with Crippen LogP contribution >= 0.6 is 0 Å². The molecule has 1 aromatic heterocycles. The SMILES string of the molecule is CCCCCCCCCCC(Cc1ccccc1)C(CCC)n1ccnc1. The number of hydrogen-bond donors (Lipinski definition) is 0. The molecule has 27 heavy (non-hydrogen) atoms. The fraction of sp³-hybridized carbons (Fsp3) is 0.640. The molecule has 2 rings (SSSR count). The van der Waals surface area contributed by atoms with Gasteiger partial charge in [0.1, 0.15) is 0 Å². The molecule has 0 amide bonds. The van der Waals surface area contributed by atoms with Crippen molar-refractivity contribution in [3.8, 4) is 0 Å². The largest absolute Gasteiger partial charge is 0.334 e. The molecule has 0 aliphatic heterocycles. The van der Waals surface area contributed by atoms with E-state index in [9.17, 15) is 0 Å². The summed E-state index contributed by atoms with van der Waals surface area (Å²) in [5, 5.41) is 0. The van der Waals surface area contributed by atoms with E-state index >= 15 is 0 Å². The highest BCUT2D eigenvalue weighted by Crippen LogP contribution is 2.31. The summed E-state index contributed by atoms with van der Waals surface area (Å²) in [4.78, 5) is 4.32. The Labute approximate surface area is 167 Å². The van der Waals surface area contributed by atoms with Crippen molar-refractivity contribution < 1.29 is 0 Å². The summed E-state index contributed by atoms with van der Waals surface area (Å²) >= 11 is 0. The summed E-state index contributed by atoms with van der Waals surface area (Å²) in [5.41, 5.74) is 1.48. The van der Waals surface area contributed by atoms with E-state index in [2.05, 4.69) is 59.9 Å². The van der Waals surface area contributed by atoms with Crippen LogP contribution in [0.4, 0.5) is 0 Å². The molecule has 0 saturated heterocycles. The van der Waals surface area contributed by atoms with E-state index in [1.54, 1.807) is 0 Å². The fourth-order valence-corrected chi connectivity index (χ4v) is 4.28. The third-order valence-corrected chi connectivity index (χ3v) is 5.81. The minimum atomic E-state index is 0.572. The van der Waals surface area contributed by atoms with E-state index in [4.69, 9.17) is 0 Å². The highest BCUT2D eigenvalue weighted by molar-refractivity contribution is 5.15. The van der Waals surface area contributed by atoms with Crippen molar-refractivity contribution in [2.45, 2.75) is 96.9 Å². The molecule has 0 bridgehead atoms. The van der Waals surface area contributed by atoms with E-state index < -0.39 is 0 Å².